The summed E-state index contributed by atoms with van der Waals surface area (Å²) in [7, 11) is 0. The summed E-state index contributed by atoms with van der Waals surface area (Å²) in [6.07, 6.45) is 0. The fourth-order valence-electron chi connectivity index (χ4n) is 1.09. The smallest absolute Gasteiger partial charge is 0.222 e. The van der Waals surface area contributed by atoms with E-state index in [9.17, 15) is 0 Å². The van der Waals surface area contributed by atoms with Crippen LogP contribution in [0, 0.1) is 4.77 Å². The quantitative estimate of drug-likeness (QED) is 0.740. The molecule has 0 saturated heterocycles. The molecular formula is C8H8N4OS. The van der Waals surface area contributed by atoms with Gasteiger partial charge in [0.25, 0.3) is 0 Å². The van der Waals surface area contributed by atoms with Crippen molar-refractivity contribution in [1.82, 2.24) is 19.8 Å². The monoisotopic (exact) mass is 208 g/mol. The van der Waals surface area contributed by atoms with Gasteiger partial charge in [-0.25, -0.2) is 0 Å². The minimum absolute atomic E-state index is 0.258. The molecule has 1 heterocycles. The fraction of sp³-hybridized carbons (Fsp3) is 0.125. The number of rotatable bonds is 2. The van der Waals surface area contributed by atoms with E-state index >= 15 is 0 Å². The first-order chi connectivity index (χ1) is 6.83. The standard InChI is InChI=1S/C8H8N4OS/c13-6-11-8(14)12(10-9-11)7-4-2-1-3-5-7/h1-5,13H,6H2. The minimum Gasteiger partial charge on any atom is -0.374 e. The normalized spacial score (nSPS) is 10.4. The Bertz CT molecular complexity index is 476. The maximum absolute atomic E-state index is 8.86. The van der Waals surface area contributed by atoms with Crippen LogP contribution in [0.5, 0.6) is 0 Å². The maximum Gasteiger partial charge on any atom is 0.222 e. The first kappa shape index (κ1) is 9.04. The molecule has 72 valence electrons. The van der Waals surface area contributed by atoms with Gasteiger partial charge in [0.05, 0.1) is 5.69 Å². The Morgan fingerprint density at radius 2 is 1.93 bits per heavy atom. The fourth-order valence-corrected chi connectivity index (χ4v) is 1.33. The predicted octanol–water partition coefficient (Wildman–Crippen LogP) is 0.748. The van der Waals surface area contributed by atoms with Crippen LogP contribution in [0.3, 0.4) is 0 Å². The van der Waals surface area contributed by atoms with Crippen molar-refractivity contribution in [1.29, 1.82) is 0 Å². The maximum atomic E-state index is 8.86. The molecule has 1 aromatic heterocycles. The van der Waals surface area contributed by atoms with Crippen LogP contribution < -0.4 is 0 Å². The molecule has 2 aromatic rings. The highest BCUT2D eigenvalue weighted by Gasteiger charge is 2.02. The van der Waals surface area contributed by atoms with Crippen molar-refractivity contribution in [3.05, 3.63) is 35.1 Å². The van der Waals surface area contributed by atoms with Crippen molar-refractivity contribution < 1.29 is 5.11 Å². The lowest BCUT2D eigenvalue weighted by Crippen LogP contribution is -2.00. The molecule has 0 spiro atoms. The second kappa shape index (κ2) is 3.69. The Morgan fingerprint density at radius 1 is 1.21 bits per heavy atom. The molecule has 6 heteroatoms. The van der Waals surface area contributed by atoms with Crippen LogP contribution in [0.15, 0.2) is 30.3 Å². The molecule has 0 amide bonds. The van der Waals surface area contributed by atoms with E-state index in [1.807, 2.05) is 30.3 Å². The first-order valence-electron chi connectivity index (χ1n) is 4.02. The lowest BCUT2D eigenvalue weighted by atomic mass is 10.3. The third kappa shape index (κ3) is 1.45. The SMILES string of the molecule is OCn1nnn(-c2ccccc2)c1=S. The molecule has 1 N–H and O–H groups in total. The summed E-state index contributed by atoms with van der Waals surface area (Å²) in [4.78, 5) is 0. The zero-order valence-electron chi connectivity index (χ0n) is 7.24. The average Bonchev–Trinajstić information content (AvgIpc) is 2.61. The Labute approximate surface area is 85.2 Å². The van der Waals surface area contributed by atoms with Crippen molar-refractivity contribution in [2.24, 2.45) is 0 Å². The molecule has 0 fully saturated rings. The molecule has 0 atom stereocenters. The van der Waals surface area contributed by atoms with Gasteiger partial charge in [0.15, 0.2) is 0 Å². The molecule has 5 nitrogen and oxygen atoms in total. The molecule has 0 radical (unpaired) electrons. The molecule has 0 unspecified atom stereocenters. The third-order valence-corrected chi connectivity index (χ3v) is 2.16. The number of hydrogen-bond donors (Lipinski definition) is 1. The first-order valence-corrected chi connectivity index (χ1v) is 4.43. The number of aromatic nitrogens is 4. The summed E-state index contributed by atoms with van der Waals surface area (Å²) < 4.78 is 3.10. The topological polar surface area (TPSA) is 55.9 Å². The van der Waals surface area contributed by atoms with Gasteiger partial charge in [-0.05, 0) is 34.8 Å². The summed E-state index contributed by atoms with van der Waals surface area (Å²) in [5, 5.41) is 16.4. The highest BCUT2D eigenvalue weighted by atomic mass is 32.1. The van der Waals surface area contributed by atoms with Gasteiger partial charge in [-0.3, -0.25) is 0 Å². The van der Waals surface area contributed by atoms with Crippen molar-refractivity contribution in [3.8, 4) is 5.69 Å². The summed E-state index contributed by atoms with van der Waals surface area (Å²) >= 11 is 5.05. The molecule has 14 heavy (non-hydrogen) atoms. The summed E-state index contributed by atoms with van der Waals surface area (Å²) in [5.41, 5.74) is 0.831. The molecule has 0 aliphatic heterocycles. The van der Waals surface area contributed by atoms with Crippen molar-refractivity contribution in [2.75, 3.05) is 0 Å². The van der Waals surface area contributed by atoms with Crippen molar-refractivity contribution >= 4 is 12.2 Å². The van der Waals surface area contributed by atoms with E-state index in [0.717, 1.165) is 5.69 Å². The van der Waals surface area contributed by atoms with Crippen molar-refractivity contribution in [2.45, 2.75) is 6.73 Å². The van der Waals surface area contributed by atoms with Crippen LogP contribution in [-0.2, 0) is 6.73 Å². The highest BCUT2D eigenvalue weighted by Crippen LogP contribution is 2.04. The summed E-state index contributed by atoms with van der Waals surface area (Å²) in [6, 6.07) is 9.41. The Balaban J connectivity index is 2.53. The molecule has 0 saturated carbocycles. The number of nitrogens with zero attached hydrogens (tertiary/aromatic N) is 4. The summed E-state index contributed by atoms with van der Waals surface area (Å²) in [6.45, 7) is -0.258. The zero-order valence-corrected chi connectivity index (χ0v) is 8.05. The molecule has 2 rings (SSSR count). The molecule has 0 aliphatic carbocycles. The van der Waals surface area contributed by atoms with Crippen LogP contribution in [0.1, 0.15) is 0 Å². The van der Waals surface area contributed by atoms with Crippen LogP contribution >= 0.6 is 12.2 Å². The van der Waals surface area contributed by atoms with Crippen LogP contribution in [0.25, 0.3) is 5.69 Å². The predicted molar refractivity (Wildman–Crippen MR) is 52.4 cm³/mol. The van der Waals surface area contributed by atoms with E-state index in [4.69, 9.17) is 17.3 Å². The zero-order chi connectivity index (χ0) is 9.97. The number of tetrazole rings is 1. The average molecular weight is 208 g/mol. The van der Waals surface area contributed by atoms with E-state index < -0.39 is 0 Å². The van der Waals surface area contributed by atoms with Gasteiger partial charge in [0, 0.05) is 0 Å². The molecular weight excluding hydrogens is 200 g/mol. The molecule has 1 aromatic carbocycles. The Morgan fingerprint density at radius 3 is 2.50 bits per heavy atom. The second-order valence-electron chi connectivity index (χ2n) is 2.65. The van der Waals surface area contributed by atoms with E-state index in [0.29, 0.717) is 4.77 Å². The summed E-state index contributed by atoms with van der Waals surface area (Å²) in [5.74, 6) is 0. The van der Waals surface area contributed by atoms with E-state index in [1.54, 1.807) is 0 Å². The van der Waals surface area contributed by atoms with Crippen LogP contribution in [0.2, 0.25) is 0 Å². The Hall–Kier alpha value is -1.53. The van der Waals surface area contributed by atoms with Gasteiger partial charge in [0.2, 0.25) is 4.77 Å². The van der Waals surface area contributed by atoms with E-state index in [-0.39, 0.29) is 6.73 Å². The van der Waals surface area contributed by atoms with Gasteiger partial charge in [-0.2, -0.15) is 9.36 Å². The number of hydrogen-bond acceptors (Lipinski definition) is 4. The van der Waals surface area contributed by atoms with Crippen molar-refractivity contribution in [3.63, 3.8) is 0 Å². The van der Waals surface area contributed by atoms with E-state index in [1.165, 1.54) is 9.36 Å². The Kier molecular flexibility index (Phi) is 2.38. The van der Waals surface area contributed by atoms with E-state index in [2.05, 4.69) is 10.4 Å². The lowest BCUT2D eigenvalue weighted by Gasteiger charge is -1.97. The van der Waals surface area contributed by atoms with Gasteiger partial charge in [-0.15, -0.1) is 0 Å². The minimum atomic E-state index is -0.258. The van der Waals surface area contributed by atoms with Crippen LogP contribution in [0.4, 0.5) is 0 Å². The lowest BCUT2D eigenvalue weighted by molar-refractivity contribution is 0.191. The van der Waals surface area contributed by atoms with Crippen LogP contribution in [-0.4, -0.2) is 24.9 Å². The number of aliphatic hydroxyl groups excluding tert-OH is 1. The van der Waals surface area contributed by atoms with Gasteiger partial charge in [-0.1, -0.05) is 18.2 Å². The van der Waals surface area contributed by atoms with Gasteiger partial charge in [0.1, 0.15) is 6.73 Å². The molecule has 0 bridgehead atoms. The number of benzene rings is 1. The highest BCUT2D eigenvalue weighted by molar-refractivity contribution is 7.71. The second-order valence-corrected chi connectivity index (χ2v) is 3.01. The number of aliphatic hydroxyl groups is 1. The van der Waals surface area contributed by atoms with Gasteiger partial charge < -0.3 is 5.11 Å². The number of para-hydroxylation sites is 1. The largest absolute Gasteiger partial charge is 0.374 e. The molecule has 0 aliphatic rings. The van der Waals surface area contributed by atoms with Gasteiger partial charge >= 0.3 is 0 Å². The third-order valence-electron chi connectivity index (χ3n) is 1.77.